The van der Waals surface area contributed by atoms with Crippen LogP contribution in [-0.4, -0.2) is 70.1 Å². The number of anilines is 2. The van der Waals surface area contributed by atoms with Gasteiger partial charge in [0.2, 0.25) is 0 Å². The van der Waals surface area contributed by atoms with Gasteiger partial charge in [-0.1, -0.05) is 42.8 Å². The van der Waals surface area contributed by atoms with Crippen molar-refractivity contribution in [2.45, 2.75) is 43.5 Å². The van der Waals surface area contributed by atoms with Crippen molar-refractivity contribution >= 4 is 45.4 Å². The molecule has 1 unspecified atom stereocenters. The zero-order valence-corrected chi connectivity index (χ0v) is 25.5. The number of nitrogens with one attached hydrogen (secondary N) is 1. The van der Waals surface area contributed by atoms with Crippen LogP contribution < -0.4 is 9.62 Å². The third-order valence-electron chi connectivity index (χ3n) is 8.01. The Balaban J connectivity index is 0.00000370. The molecule has 9 heteroatoms. The molecule has 1 atom stereocenters. The molecule has 0 amide bonds. The summed E-state index contributed by atoms with van der Waals surface area (Å²) in [5.74, 6) is 0. The van der Waals surface area contributed by atoms with Crippen molar-refractivity contribution in [3.05, 3.63) is 88.9 Å². The molecule has 216 valence electrons. The molecule has 6 nitrogen and oxygen atoms in total. The van der Waals surface area contributed by atoms with E-state index in [2.05, 4.69) is 62.7 Å². The minimum absolute atomic E-state index is 0. The Kier molecular flexibility index (Phi) is 10.8. The van der Waals surface area contributed by atoms with Crippen LogP contribution >= 0.6 is 24.0 Å². The third kappa shape index (κ3) is 7.71. The number of hydrogen-bond acceptors (Lipinski definition) is 5. The fourth-order valence-corrected chi connectivity index (χ4v) is 7.02. The van der Waals surface area contributed by atoms with E-state index < -0.39 is 10.0 Å². The molecule has 0 radical (unpaired) electrons. The molecule has 1 heterocycles. The zero-order valence-electron chi connectivity index (χ0n) is 23.1. The van der Waals surface area contributed by atoms with Crippen LogP contribution in [0, 0.1) is 0 Å². The second-order valence-corrected chi connectivity index (χ2v) is 12.8. The predicted octanol–water partition coefficient (Wildman–Crippen LogP) is 5.95. The molecule has 3 aromatic rings. The van der Waals surface area contributed by atoms with Crippen molar-refractivity contribution in [2.24, 2.45) is 0 Å². The molecule has 2 aliphatic rings. The van der Waals surface area contributed by atoms with Gasteiger partial charge in [-0.3, -0.25) is 14.5 Å². The number of aryl methyl sites for hydroxylation is 1. The van der Waals surface area contributed by atoms with Gasteiger partial charge in [0, 0.05) is 61.7 Å². The summed E-state index contributed by atoms with van der Waals surface area (Å²) in [7, 11) is -3.67. The SMILES string of the molecule is CCCN(CCN1CCN(c2ccccc2)CC1)C1CCc2ccc(NS(=O)(=O)c3ccc(Cl)cc3)cc2C1.Cl. The third-order valence-corrected chi connectivity index (χ3v) is 9.66. The van der Waals surface area contributed by atoms with Crippen molar-refractivity contribution in [1.82, 2.24) is 9.80 Å². The molecular formula is C31H40Cl2N4O2S. The summed E-state index contributed by atoms with van der Waals surface area (Å²) in [6.45, 7) is 9.85. The van der Waals surface area contributed by atoms with Crippen LogP contribution in [0.5, 0.6) is 0 Å². The Morgan fingerprint density at radius 3 is 2.35 bits per heavy atom. The maximum Gasteiger partial charge on any atom is 0.261 e. The predicted molar refractivity (Wildman–Crippen MR) is 169 cm³/mol. The lowest BCUT2D eigenvalue weighted by molar-refractivity contribution is 0.145. The van der Waals surface area contributed by atoms with Crippen LogP contribution in [0.15, 0.2) is 77.7 Å². The number of nitrogens with zero attached hydrogens (tertiary/aromatic N) is 3. The number of rotatable bonds is 10. The van der Waals surface area contributed by atoms with Gasteiger partial charge in [-0.05, 0) is 91.9 Å². The Morgan fingerprint density at radius 1 is 0.925 bits per heavy atom. The topological polar surface area (TPSA) is 55.9 Å². The van der Waals surface area contributed by atoms with Gasteiger partial charge in [0.15, 0.2) is 0 Å². The maximum absolute atomic E-state index is 12.9. The van der Waals surface area contributed by atoms with Gasteiger partial charge in [0.05, 0.1) is 4.90 Å². The summed E-state index contributed by atoms with van der Waals surface area (Å²) >= 11 is 5.93. The average Bonchev–Trinajstić information content (AvgIpc) is 2.95. The van der Waals surface area contributed by atoms with Gasteiger partial charge in [0.1, 0.15) is 0 Å². The largest absolute Gasteiger partial charge is 0.369 e. The minimum Gasteiger partial charge on any atom is -0.369 e. The number of piperazine rings is 1. The van der Waals surface area contributed by atoms with Crippen LogP contribution in [0.25, 0.3) is 0 Å². The normalized spacial score (nSPS) is 17.8. The van der Waals surface area contributed by atoms with Crippen LogP contribution in [0.4, 0.5) is 11.4 Å². The molecule has 1 saturated heterocycles. The highest BCUT2D eigenvalue weighted by Gasteiger charge is 2.26. The number of fused-ring (bicyclic) bond motifs is 1. The summed E-state index contributed by atoms with van der Waals surface area (Å²) in [4.78, 5) is 7.96. The van der Waals surface area contributed by atoms with E-state index >= 15 is 0 Å². The first kappa shape index (κ1) is 30.7. The first-order chi connectivity index (χ1) is 18.9. The van der Waals surface area contributed by atoms with Crippen molar-refractivity contribution in [2.75, 3.05) is 55.4 Å². The van der Waals surface area contributed by atoms with E-state index in [0.717, 1.165) is 71.5 Å². The van der Waals surface area contributed by atoms with Crippen LogP contribution in [0.3, 0.4) is 0 Å². The fraction of sp³-hybridized carbons (Fsp3) is 0.419. The number of hydrogen-bond donors (Lipinski definition) is 1. The van der Waals surface area contributed by atoms with E-state index in [0.29, 0.717) is 16.8 Å². The zero-order chi connectivity index (χ0) is 27.2. The fourth-order valence-electron chi connectivity index (χ4n) is 5.84. The minimum atomic E-state index is -3.67. The first-order valence-electron chi connectivity index (χ1n) is 14.1. The number of benzene rings is 3. The summed E-state index contributed by atoms with van der Waals surface area (Å²) in [5.41, 5.74) is 4.51. The van der Waals surface area contributed by atoms with E-state index in [-0.39, 0.29) is 17.3 Å². The van der Waals surface area contributed by atoms with Crippen LogP contribution in [-0.2, 0) is 22.9 Å². The smallest absolute Gasteiger partial charge is 0.261 e. The van der Waals surface area contributed by atoms with Gasteiger partial charge >= 0.3 is 0 Å². The second-order valence-electron chi connectivity index (χ2n) is 10.6. The van der Waals surface area contributed by atoms with E-state index in [9.17, 15) is 8.42 Å². The molecule has 3 aromatic carbocycles. The highest BCUT2D eigenvalue weighted by molar-refractivity contribution is 7.92. The highest BCUT2D eigenvalue weighted by Crippen LogP contribution is 2.29. The Labute approximate surface area is 250 Å². The standard InChI is InChI=1S/C31H39ClN4O2S.ClH/c1-2-16-35(20-17-34-18-21-36(22-19-34)29-6-4-3-5-7-29)30-13-9-25-8-12-28(23-26(25)24-30)33-39(37,38)31-14-10-27(32)11-15-31;/h3-8,10-12,14-15,23,30,33H,2,9,13,16-22,24H2,1H3;1H. The molecule has 5 rings (SSSR count). The molecule has 1 fully saturated rings. The number of sulfonamides is 1. The summed E-state index contributed by atoms with van der Waals surface area (Å²) in [6.07, 6.45) is 4.25. The summed E-state index contributed by atoms with van der Waals surface area (Å²) in [5, 5.41) is 0.514. The van der Waals surface area contributed by atoms with Crippen molar-refractivity contribution in [1.29, 1.82) is 0 Å². The Bertz CT molecular complexity index is 1330. The molecule has 1 aliphatic heterocycles. The second kappa shape index (κ2) is 14.1. The van der Waals surface area contributed by atoms with E-state index in [1.165, 1.54) is 28.9 Å². The summed E-state index contributed by atoms with van der Waals surface area (Å²) in [6, 6.07) is 23.4. The molecule has 0 saturated carbocycles. The van der Waals surface area contributed by atoms with Crippen molar-refractivity contribution in [3.63, 3.8) is 0 Å². The Hall–Kier alpha value is -2.29. The quantitative estimate of drug-likeness (QED) is 0.310. The Morgan fingerprint density at radius 2 is 1.65 bits per heavy atom. The molecule has 0 spiro atoms. The molecule has 40 heavy (non-hydrogen) atoms. The lowest BCUT2D eigenvalue weighted by Crippen LogP contribution is -2.50. The number of halogens is 2. The number of para-hydroxylation sites is 1. The van der Waals surface area contributed by atoms with Gasteiger partial charge in [-0.15, -0.1) is 12.4 Å². The van der Waals surface area contributed by atoms with Gasteiger partial charge < -0.3 is 4.90 Å². The highest BCUT2D eigenvalue weighted by atomic mass is 35.5. The molecule has 1 aliphatic carbocycles. The lowest BCUT2D eigenvalue weighted by atomic mass is 9.87. The van der Waals surface area contributed by atoms with Gasteiger partial charge in [0.25, 0.3) is 10.0 Å². The maximum atomic E-state index is 12.9. The lowest BCUT2D eigenvalue weighted by Gasteiger charge is -2.39. The van der Waals surface area contributed by atoms with E-state index in [1.807, 2.05) is 12.1 Å². The first-order valence-corrected chi connectivity index (χ1v) is 15.9. The molecule has 1 N–H and O–H groups in total. The van der Waals surface area contributed by atoms with E-state index in [4.69, 9.17) is 11.6 Å². The van der Waals surface area contributed by atoms with Crippen LogP contribution in [0.2, 0.25) is 5.02 Å². The van der Waals surface area contributed by atoms with Crippen molar-refractivity contribution in [3.8, 4) is 0 Å². The van der Waals surface area contributed by atoms with Crippen molar-refractivity contribution < 1.29 is 8.42 Å². The monoisotopic (exact) mass is 602 g/mol. The molecule has 0 bridgehead atoms. The average molecular weight is 604 g/mol. The van der Waals surface area contributed by atoms with E-state index in [1.54, 1.807) is 12.1 Å². The molecular weight excluding hydrogens is 563 g/mol. The van der Waals surface area contributed by atoms with Crippen LogP contribution in [0.1, 0.15) is 30.9 Å². The summed E-state index contributed by atoms with van der Waals surface area (Å²) < 4.78 is 28.6. The van der Waals surface area contributed by atoms with Gasteiger partial charge in [-0.25, -0.2) is 8.42 Å². The molecule has 0 aromatic heterocycles. The van der Waals surface area contributed by atoms with Gasteiger partial charge in [-0.2, -0.15) is 0 Å².